The normalized spacial score (nSPS) is 16.1. The molecule has 2 aromatic rings. The molecule has 1 aromatic carbocycles. The molecule has 2 amide bonds. The second kappa shape index (κ2) is 9.03. The second-order valence-corrected chi connectivity index (χ2v) is 6.42. The zero-order valence-corrected chi connectivity index (χ0v) is 15.8. The first-order valence-corrected chi connectivity index (χ1v) is 8.59. The second-order valence-electron chi connectivity index (χ2n) is 5.64. The molecule has 1 atom stereocenters. The maximum absolute atomic E-state index is 12.2. The Morgan fingerprint density at radius 3 is 2.76 bits per heavy atom. The Bertz CT molecular complexity index is 744. The third kappa shape index (κ3) is 5.32. The zero-order chi connectivity index (χ0) is 16.9. The van der Waals surface area contributed by atoms with Gasteiger partial charge in [-0.1, -0.05) is 6.07 Å². The molecule has 8 heteroatoms. The molecule has 0 spiro atoms. The summed E-state index contributed by atoms with van der Waals surface area (Å²) in [6, 6.07) is 10.4. The standard InChI is InChI=1S/C17H18BrN3O3.ClH/c18-15-7-6-14(24-15)17(23)21-12-4-1-3-11(9-12)16(22)20-10-13-5-2-8-19-13;/h1,3-4,6-7,9,13,19H,2,5,8,10H2,(H,20,22)(H,21,23);1H. The number of carbonyl (C=O) groups excluding carboxylic acids is 2. The number of amides is 2. The van der Waals surface area contributed by atoms with E-state index in [0.717, 1.165) is 19.4 Å². The van der Waals surface area contributed by atoms with Gasteiger partial charge in [-0.15, -0.1) is 12.4 Å². The Labute approximate surface area is 160 Å². The van der Waals surface area contributed by atoms with Gasteiger partial charge >= 0.3 is 0 Å². The summed E-state index contributed by atoms with van der Waals surface area (Å²) in [5.41, 5.74) is 1.05. The van der Waals surface area contributed by atoms with Crippen LogP contribution in [0, 0.1) is 0 Å². The molecular weight excluding hydrogens is 410 g/mol. The lowest BCUT2D eigenvalue weighted by atomic mass is 10.1. The quantitative estimate of drug-likeness (QED) is 0.683. The van der Waals surface area contributed by atoms with Gasteiger partial charge in [0.1, 0.15) is 0 Å². The van der Waals surface area contributed by atoms with Gasteiger partial charge in [-0.3, -0.25) is 9.59 Å². The van der Waals surface area contributed by atoms with E-state index in [1.54, 1.807) is 36.4 Å². The predicted octanol–water partition coefficient (Wildman–Crippen LogP) is 3.20. The molecule has 0 aliphatic carbocycles. The van der Waals surface area contributed by atoms with E-state index in [9.17, 15) is 9.59 Å². The van der Waals surface area contributed by atoms with Gasteiger partial charge < -0.3 is 20.4 Å². The molecule has 25 heavy (non-hydrogen) atoms. The number of hydrogen-bond donors (Lipinski definition) is 3. The minimum Gasteiger partial charge on any atom is -0.444 e. The predicted molar refractivity (Wildman–Crippen MR) is 101 cm³/mol. The van der Waals surface area contributed by atoms with Gasteiger partial charge in [0.05, 0.1) is 0 Å². The van der Waals surface area contributed by atoms with Gasteiger partial charge in [-0.2, -0.15) is 0 Å². The summed E-state index contributed by atoms with van der Waals surface area (Å²) in [5.74, 6) is -0.321. The number of carbonyl (C=O) groups is 2. The fourth-order valence-electron chi connectivity index (χ4n) is 2.62. The van der Waals surface area contributed by atoms with Crippen molar-refractivity contribution in [1.29, 1.82) is 0 Å². The molecule has 1 aliphatic rings. The lowest BCUT2D eigenvalue weighted by Gasteiger charge is -2.12. The number of nitrogens with one attached hydrogen (secondary N) is 3. The smallest absolute Gasteiger partial charge is 0.291 e. The summed E-state index contributed by atoms with van der Waals surface area (Å²) in [4.78, 5) is 24.3. The Morgan fingerprint density at radius 1 is 1.24 bits per heavy atom. The highest BCUT2D eigenvalue weighted by molar-refractivity contribution is 9.10. The highest BCUT2D eigenvalue weighted by Crippen LogP contribution is 2.17. The van der Waals surface area contributed by atoms with Crippen molar-refractivity contribution in [1.82, 2.24) is 10.6 Å². The van der Waals surface area contributed by atoms with Crippen molar-refractivity contribution in [2.45, 2.75) is 18.9 Å². The van der Waals surface area contributed by atoms with Crippen molar-refractivity contribution in [3.63, 3.8) is 0 Å². The van der Waals surface area contributed by atoms with Crippen molar-refractivity contribution in [3.05, 3.63) is 52.4 Å². The van der Waals surface area contributed by atoms with Crippen LogP contribution in [-0.2, 0) is 0 Å². The largest absolute Gasteiger partial charge is 0.444 e. The number of furan rings is 1. The highest BCUT2D eigenvalue weighted by atomic mass is 79.9. The van der Waals surface area contributed by atoms with Crippen LogP contribution < -0.4 is 16.0 Å². The maximum atomic E-state index is 12.2. The van der Waals surface area contributed by atoms with Gasteiger partial charge in [0.25, 0.3) is 11.8 Å². The summed E-state index contributed by atoms with van der Waals surface area (Å²) < 4.78 is 5.70. The van der Waals surface area contributed by atoms with Crippen LogP contribution in [0.2, 0.25) is 0 Å². The van der Waals surface area contributed by atoms with Crippen LogP contribution >= 0.6 is 28.3 Å². The number of benzene rings is 1. The summed E-state index contributed by atoms with van der Waals surface area (Å²) in [6.07, 6.45) is 2.22. The van der Waals surface area contributed by atoms with Crippen LogP contribution in [0.5, 0.6) is 0 Å². The van der Waals surface area contributed by atoms with E-state index >= 15 is 0 Å². The van der Waals surface area contributed by atoms with Crippen LogP contribution in [0.3, 0.4) is 0 Å². The first kappa shape index (κ1) is 19.5. The van der Waals surface area contributed by atoms with E-state index < -0.39 is 0 Å². The molecular formula is C17H19BrClN3O3. The van der Waals surface area contributed by atoms with E-state index in [4.69, 9.17) is 4.42 Å². The minimum atomic E-state index is -0.367. The SMILES string of the molecule is Cl.O=C(NCC1CCCN1)c1cccc(NC(=O)c2ccc(Br)o2)c1. The maximum Gasteiger partial charge on any atom is 0.291 e. The van der Waals surface area contributed by atoms with Gasteiger partial charge in [-0.25, -0.2) is 0 Å². The summed E-state index contributed by atoms with van der Waals surface area (Å²) in [5, 5.41) is 8.97. The van der Waals surface area contributed by atoms with Gasteiger partial charge in [-0.05, 0) is 65.6 Å². The van der Waals surface area contributed by atoms with E-state index in [1.807, 2.05) is 0 Å². The number of hydrogen-bond acceptors (Lipinski definition) is 4. The molecule has 1 unspecified atom stereocenters. The van der Waals surface area contributed by atoms with Crippen molar-refractivity contribution in [2.24, 2.45) is 0 Å². The first-order chi connectivity index (χ1) is 11.6. The van der Waals surface area contributed by atoms with E-state index in [2.05, 4.69) is 31.9 Å². The average Bonchev–Trinajstić information content (AvgIpc) is 3.24. The van der Waals surface area contributed by atoms with Gasteiger partial charge in [0.15, 0.2) is 10.4 Å². The van der Waals surface area contributed by atoms with Crippen molar-refractivity contribution >= 4 is 45.8 Å². The minimum absolute atomic E-state index is 0. The number of rotatable bonds is 5. The molecule has 0 bridgehead atoms. The number of anilines is 1. The average molecular weight is 429 g/mol. The van der Waals surface area contributed by atoms with Crippen LogP contribution in [-0.4, -0.2) is 30.9 Å². The molecule has 1 saturated heterocycles. The fraction of sp³-hybridized carbons (Fsp3) is 0.294. The summed E-state index contributed by atoms with van der Waals surface area (Å²) in [6.45, 7) is 1.61. The van der Waals surface area contributed by atoms with Crippen LogP contribution in [0.15, 0.2) is 45.5 Å². The lowest BCUT2D eigenvalue weighted by molar-refractivity contribution is 0.0948. The third-order valence-corrected chi connectivity index (χ3v) is 4.28. The van der Waals surface area contributed by atoms with Crippen LogP contribution in [0.4, 0.5) is 5.69 Å². The fourth-order valence-corrected chi connectivity index (χ4v) is 2.92. The third-order valence-electron chi connectivity index (χ3n) is 3.85. The molecule has 1 aliphatic heterocycles. The topological polar surface area (TPSA) is 83.4 Å². The summed E-state index contributed by atoms with van der Waals surface area (Å²) in [7, 11) is 0. The molecule has 3 rings (SSSR count). The Kier molecular flexibility index (Phi) is 7.04. The van der Waals surface area contributed by atoms with Crippen molar-refractivity contribution in [3.8, 4) is 0 Å². The monoisotopic (exact) mass is 427 g/mol. The van der Waals surface area contributed by atoms with Gasteiger partial charge in [0.2, 0.25) is 0 Å². The molecule has 0 saturated carbocycles. The van der Waals surface area contributed by atoms with E-state index in [-0.39, 0.29) is 30.0 Å². The molecule has 2 heterocycles. The van der Waals surface area contributed by atoms with Gasteiger partial charge in [0, 0.05) is 23.8 Å². The van der Waals surface area contributed by atoms with E-state index in [1.165, 1.54) is 0 Å². The molecule has 3 N–H and O–H groups in total. The van der Waals surface area contributed by atoms with Crippen molar-refractivity contribution in [2.75, 3.05) is 18.4 Å². The molecule has 0 radical (unpaired) electrons. The zero-order valence-electron chi connectivity index (χ0n) is 13.4. The highest BCUT2D eigenvalue weighted by Gasteiger charge is 2.16. The molecule has 6 nitrogen and oxygen atoms in total. The summed E-state index contributed by atoms with van der Waals surface area (Å²) >= 11 is 3.16. The van der Waals surface area contributed by atoms with E-state index in [0.29, 0.717) is 28.5 Å². The Morgan fingerprint density at radius 2 is 2.08 bits per heavy atom. The Hall–Kier alpha value is -1.83. The molecule has 1 aromatic heterocycles. The molecule has 134 valence electrons. The number of halogens is 2. The van der Waals surface area contributed by atoms with Crippen LogP contribution in [0.25, 0.3) is 0 Å². The van der Waals surface area contributed by atoms with Crippen molar-refractivity contribution < 1.29 is 14.0 Å². The lowest BCUT2D eigenvalue weighted by Crippen LogP contribution is -2.37. The Balaban J connectivity index is 0.00000225. The first-order valence-electron chi connectivity index (χ1n) is 7.80. The van der Waals surface area contributed by atoms with Crippen LogP contribution in [0.1, 0.15) is 33.8 Å². The molecule has 1 fully saturated rings.